The molecule has 0 amide bonds. The predicted molar refractivity (Wildman–Crippen MR) is 67.3 cm³/mol. The Balaban J connectivity index is 2.25. The average Bonchev–Trinajstić information content (AvgIpc) is 2.70. The second-order valence-corrected chi connectivity index (χ2v) is 6.77. The molecule has 2 rings (SSSR count). The van der Waals surface area contributed by atoms with Crippen molar-refractivity contribution < 1.29 is 17.5 Å². The molecule has 0 saturated carbocycles. The molecule has 4 nitrogen and oxygen atoms in total. The smallest absolute Gasteiger partial charge is 0.160 e. The van der Waals surface area contributed by atoms with Gasteiger partial charge >= 0.3 is 0 Å². The normalized spacial score (nSPS) is 24.3. The average molecular weight is 273 g/mol. The number of anilines is 1. The Bertz CT molecular complexity index is 544. The topological polar surface area (TPSA) is 69.4 Å². The standard InChI is InChI=1S/C12H16FNO3S/c1-8-12(4-5-17-8)18(15,16)7-9-6-10(13)2-3-11(9)14/h2-3,6,8,12H,4-5,7,14H2,1H3. The summed E-state index contributed by atoms with van der Waals surface area (Å²) in [5.74, 6) is -0.722. The molecule has 1 saturated heterocycles. The summed E-state index contributed by atoms with van der Waals surface area (Å²) in [6.45, 7) is 2.19. The van der Waals surface area contributed by atoms with Crippen LogP contribution >= 0.6 is 0 Å². The molecule has 1 aromatic carbocycles. The molecule has 0 aromatic heterocycles. The van der Waals surface area contributed by atoms with Crippen molar-refractivity contribution in [2.75, 3.05) is 12.3 Å². The van der Waals surface area contributed by atoms with Gasteiger partial charge in [-0.05, 0) is 37.1 Å². The molecule has 2 atom stereocenters. The number of halogens is 1. The number of benzene rings is 1. The number of hydrogen-bond acceptors (Lipinski definition) is 4. The van der Waals surface area contributed by atoms with E-state index in [1.165, 1.54) is 18.2 Å². The molecule has 0 aliphatic carbocycles. The first-order chi connectivity index (χ1) is 8.40. The van der Waals surface area contributed by atoms with E-state index in [0.29, 0.717) is 24.3 Å². The van der Waals surface area contributed by atoms with Gasteiger partial charge < -0.3 is 10.5 Å². The summed E-state index contributed by atoms with van der Waals surface area (Å²) in [4.78, 5) is 0. The van der Waals surface area contributed by atoms with Crippen LogP contribution in [-0.2, 0) is 20.3 Å². The van der Waals surface area contributed by atoms with Crippen LogP contribution in [0.25, 0.3) is 0 Å². The Morgan fingerprint density at radius 3 is 2.83 bits per heavy atom. The third-order valence-corrected chi connectivity index (χ3v) is 5.48. The minimum absolute atomic E-state index is 0.241. The molecule has 6 heteroatoms. The molecular weight excluding hydrogens is 257 g/mol. The number of rotatable bonds is 3. The number of ether oxygens (including phenoxy) is 1. The van der Waals surface area contributed by atoms with Gasteiger partial charge in [-0.15, -0.1) is 0 Å². The van der Waals surface area contributed by atoms with Gasteiger partial charge in [-0.3, -0.25) is 0 Å². The van der Waals surface area contributed by atoms with Gasteiger partial charge in [0.05, 0.1) is 17.1 Å². The fourth-order valence-electron chi connectivity index (χ4n) is 2.21. The van der Waals surface area contributed by atoms with Gasteiger partial charge in [0.2, 0.25) is 0 Å². The predicted octanol–water partition coefficient (Wildman–Crippen LogP) is 1.50. The van der Waals surface area contributed by atoms with E-state index in [0.717, 1.165) is 0 Å². The van der Waals surface area contributed by atoms with E-state index in [2.05, 4.69) is 0 Å². The van der Waals surface area contributed by atoms with Gasteiger partial charge in [-0.1, -0.05) is 0 Å². The first-order valence-electron chi connectivity index (χ1n) is 5.77. The Hall–Kier alpha value is -1.14. The maximum Gasteiger partial charge on any atom is 0.160 e. The molecule has 1 heterocycles. The summed E-state index contributed by atoms with van der Waals surface area (Å²) < 4.78 is 42.8. The summed E-state index contributed by atoms with van der Waals surface area (Å²) in [6.07, 6.45) is 0.170. The number of sulfone groups is 1. The summed E-state index contributed by atoms with van der Waals surface area (Å²) in [5.41, 5.74) is 6.28. The van der Waals surface area contributed by atoms with Crippen LogP contribution in [0.3, 0.4) is 0 Å². The second-order valence-electron chi connectivity index (χ2n) is 4.55. The Kier molecular flexibility index (Phi) is 3.59. The number of nitrogens with two attached hydrogens (primary N) is 1. The SMILES string of the molecule is CC1OCCC1S(=O)(=O)Cc1cc(F)ccc1N. The van der Waals surface area contributed by atoms with Gasteiger partial charge in [0.1, 0.15) is 5.82 Å². The Labute approximate surface area is 106 Å². The highest BCUT2D eigenvalue weighted by Crippen LogP contribution is 2.26. The van der Waals surface area contributed by atoms with Crippen molar-refractivity contribution in [3.63, 3.8) is 0 Å². The van der Waals surface area contributed by atoms with Crippen LogP contribution in [0.2, 0.25) is 0 Å². The first kappa shape index (κ1) is 13.3. The zero-order valence-corrected chi connectivity index (χ0v) is 10.9. The first-order valence-corrected chi connectivity index (χ1v) is 7.49. The third-order valence-electron chi connectivity index (χ3n) is 3.23. The van der Waals surface area contributed by atoms with E-state index in [1.54, 1.807) is 6.92 Å². The highest BCUT2D eigenvalue weighted by Gasteiger charge is 2.35. The van der Waals surface area contributed by atoms with Crippen LogP contribution in [0.15, 0.2) is 18.2 Å². The monoisotopic (exact) mass is 273 g/mol. The van der Waals surface area contributed by atoms with E-state index in [-0.39, 0.29) is 11.9 Å². The fraction of sp³-hybridized carbons (Fsp3) is 0.500. The van der Waals surface area contributed by atoms with Crippen LogP contribution in [0.4, 0.5) is 10.1 Å². The van der Waals surface area contributed by atoms with E-state index in [1.807, 2.05) is 0 Å². The molecule has 0 radical (unpaired) electrons. The van der Waals surface area contributed by atoms with Gasteiger partial charge in [-0.2, -0.15) is 0 Å². The summed E-state index contributed by atoms with van der Waals surface area (Å²) in [7, 11) is -3.37. The van der Waals surface area contributed by atoms with Crippen LogP contribution in [-0.4, -0.2) is 26.4 Å². The molecule has 1 fully saturated rings. The molecule has 0 bridgehead atoms. The minimum Gasteiger partial charge on any atom is -0.398 e. The van der Waals surface area contributed by atoms with Crippen molar-refractivity contribution in [1.29, 1.82) is 0 Å². The maximum absolute atomic E-state index is 13.1. The molecule has 2 N–H and O–H groups in total. The van der Waals surface area contributed by atoms with Crippen molar-refractivity contribution in [3.05, 3.63) is 29.6 Å². The zero-order valence-electron chi connectivity index (χ0n) is 10.1. The number of hydrogen-bond donors (Lipinski definition) is 1. The Morgan fingerprint density at radius 2 is 2.22 bits per heavy atom. The second kappa shape index (κ2) is 4.85. The molecule has 1 aromatic rings. The molecule has 0 spiro atoms. The molecule has 1 aliphatic heterocycles. The largest absolute Gasteiger partial charge is 0.398 e. The van der Waals surface area contributed by atoms with Crippen LogP contribution in [0, 0.1) is 5.82 Å². The Morgan fingerprint density at radius 1 is 1.50 bits per heavy atom. The van der Waals surface area contributed by atoms with Crippen LogP contribution in [0.1, 0.15) is 18.9 Å². The summed E-state index contributed by atoms with van der Waals surface area (Å²) in [6, 6.07) is 3.77. The van der Waals surface area contributed by atoms with Crippen molar-refractivity contribution in [2.24, 2.45) is 0 Å². The number of nitrogen functional groups attached to an aromatic ring is 1. The minimum atomic E-state index is -3.37. The van der Waals surface area contributed by atoms with Gasteiger partial charge in [0.15, 0.2) is 9.84 Å². The van der Waals surface area contributed by atoms with Gasteiger partial charge in [0, 0.05) is 12.3 Å². The highest BCUT2D eigenvalue weighted by atomic mass is 32.2. The van der Waals surface area contributed by atoms with Crippen molar-refractivity contribution in [3.8, 4) is 0 Å². The van der Waals surface area contributed by atoms with E-state index in [9.17, 15) is 12.8 Å². The van der Waals surface area contributed by atoms with Crippen LogP contribution in [0.5, 0.6) is 0 Å². The van der Waals surface area contributed by atoms with Crippen molar-refractivity contribution in [1.82, 2.24) is 0 Å². The van der Waals surface area contributed by atoms with E-state index >= 15 is 0 Å². The van der Waals surface area contributed by atoms with E-state index in [4.69, 9.17) is 10.5 Å². The summed E-state index contributed by atoms with van der Waals surface area (Å²) >= 11 is 0. The van der Waals surface area contributed by atoms with Gasteiger partial charge in [0.25, 0.3) is 0 Å². The zero-order chi connectivity index (χ0) is 13.3. The lowest BCUT2D eigenvalue weighted by Gasteiger charge is -2.15. The van der Waals surface area contributed by atoms with E-state index < -0.39 is 20.9 Å². The quantitative estimate of drug-likeness (QED) is 0.847. The third kappa shape index (κ3) is 2.64. The van der Waals surface area contributed by atoms with Gasteiger partial charge in [-0.25, -0.2) is 12.8 Å². The van der Waals surface area contributed by atoms with Crippen LogP contribution < -0.4 is 5.73 Å². The maximum atomic E-state index is 13.1. The summed E-state index contributed by atoms with van der Waals surface area (Å²) in [5, 5.41) is -0.528. The fourth-order valence-corrected chi connectivity index (χ4v) is 4.22. The molecule has 18 heavy (non-hydrogen) atoms. The van der Waals surface area contributed by atoms with Crippen molar-refractivity contribution >= 4 is 15.5 Å². The highest BCUT2D eigenvalue weighted by molar-refractivity contribution is 7.91. The molecular formula is C12H16FNO3S. The molecule has 2 unspecified atom stereocenters. The lowest BCUT2D eigenvalue weighted by atomic mass is 10.2. The van der Waals surface area contributed by atoms with Crippen molar-refractivity contribution in [2.45, 2.75) is 30.5 Å². The molecule has 100 valence electrons. The lowest BCUT2D eigenvalue weighted by molar-refractivity contribution is 0.126. The lowest BCUT2D eigenvalue weighted by Crippen LogP contribution is -2.29. The molecule has 1 aliphatic rings.